The van der Waals surface area contributed by atoms with Gasteiger partial charge in [0.2, 0.25) is 0 Å². The lowest BCUT2D eigenvalue weighted by atomic mass is 9.54. The predicted molar refractivity (Wildman–Crippen MR) is 152 cm³/mol. The van der Waals surface area contributed by atoms with E-state index in [0.717, 1.165) is 24.1 Å². The summed E-state index contributed by atoms with van der Waals surface area (Å²) in [5.41, 5.74) is 7.75. The second-order valence-electron chi connectivity index (χ2n) is 9.92. The van der Waals surface area contributed by atoms with Crippen LogP contribution in [0.5, 0.6) is 0 Å². The topological polar surface area (TPSA) is 52.5 Å². The van der Waals surface area contributed by atoms with E-state index in [1.807, 2.05) is 6.20 Å². The van der Waals surface area contributed by atoms with E-state index < -0.39 is 5.41 Å². The molecule has 1 aliphatic carbocycles. The highest BCUT2D eigenvalue weighted by Crippen LogP contribution is 2.57. The molecule has 0 bridgehead atoms. The van der Waals surface area contributed by atoms with Crippen LogP contribution in [0.4, 0.5) is 0 Å². The van der Waals surface area contributed by atoms with Crippen LogP contribution < -0.4 is 0 Å². The molecule has 0 spiro atoms. The normalized spacial score (nSPS) is 16.9. The van der Waals surface area contributed by atoms with Gasteiger partial charge in [-0.1, -0.05) is 115 Å². The van der Waals surface area contributed by atoms with Crippen molar-refractivity contribution >= 4 is 5.57 Å². The fraction of sp³-hybridized carbons (Fsp3) is 0.143. The van der Waals surface area contributed by atoms with E-state index in [4.69, 9.17) is 0 Å². The minimum absolute atomic E-state index is 0.0508. The Balaban J connectivity index is 1.72. The number of allylic oxidation sites excluding steroid dienone is 2. The first-order valence-electron chi connectivity index (χ1n) is 13.2. The van der Waals surface area contributed by atoms with Gasteiger partial charge in [0.1, 0.15) is 0 Å². The van der Waals surface area contributed by atoms with E-state index in [1.54, 1.807) is 12.4 Å². The molecule has 1 aromatic heterocycles. The maximum absolute atomic E-state index is 9.98. The van der Waals surface area contributed by atoms with Crippen LogP contribution in [0.25, 0.3) is 5.57 Å². The molecule has 1 aliphatic rings. The average molecular weight is 492 g/mol. The molecule has 6 rings (SSSR count). The molecule has 0 fully saturated rings. The number of H-pyrrole nitrogens is 1. The lowest BCUT2D eigenvalue weighted by Crippen LogP contribution is -2.41. The highest BCUT2D eigenvalue weighted by Gasteiger charge is 2.50. The Bertz CT molecular complexity index is 1470. The Kier molecular flexibility index (Phi) is 6.46. The van der Waals surface area contributed by atoms with Crippen LogP contribution in [-0.4, -0.2) is 9.97 Å². The third-order valence-corrected chi connectivity index (χ3v) is 8.08. The lowest BCUT2D eigenvalue weighted by molar-refractivity contribution is 0.364. The number of aromatic amines is 1. The van der Waals surface area contributed by atoms with Crippen LogP contribution in [-0.2, 0) is 11.8 Å². The maximum atomic E-state index is 9.98. The molecule has 1 N–H and O–H groups in total. The fourth-order valence-electron chi connectivity index (χ4n) is 6.62. The number of fused-ring (bicyclic) bond motifs is 1. The molecule has 1 heterocycles. The number of hydrogen-bond donors (Lipinski definition) is 1. The molecule has 184 valence electrons. The molecule has 2 atom stereocenters. The molecule has 3 heteroatoms. The number of aryl methyl sites for hydroxylation is 1. The van der Waals surface area contributed by atoms with Gasteiger partial charge in [0.05, 0.1) is 17.8 Å². The van der Waals surface area contributed by atoms with E-state index in [2.05, 4.69) is 131 Å². The minimum atomic E-state index is -0.540. The van der Waals surface area contributed by atoms with Gasteiger partial charge in [-0.25, -0.2) is 4.98 Å². The summed E-state index contributed by atoms with van der Waals surface area (Å²) in [4.78, 5) is 8.02. The fourth-order valence-corrected chi connectivity index (χ4v) is 6.62. The van der Waals surface area contributed by atoms with Gasteiger partial charge in [0.15, 0.2) is 0 Å². The van der Waals surface area contributed by atoms with Crippen LogP contribution in [0.3, 0.4) is 0 Å². The van der Waals surface area contributed by atoms with Crippen LogP contribution in [0.1, 0.15) is 45.8 Å². The molecule has 5 aromatic rings. The van der Waals surface area contributed by atoms with Crippen LogP contribution in [0.2, 0.25) is 0 Å². The molecule has 0 amide bonds. The number of nitrogens with zero attached hydrogens (tertiary/aromatic N) is 2. The lowest BCUT2D eigenvalue weighted by Gasteiger charge is -2.47. The number of imidazole rings is 1. The molecule has 2 unspecified atom stereocenters. The Hall–Kier alpha value is -4.68. The van der Waals surface area contributed by atoms with Crippen molar-refractivity contribution in [2.45, 2.75) is 24.2 Å². The van der Waals surface area contributed by atoms with Gasteiger partial charge in [-0.2, -0.15) is 5.26 Å². The molecule has 3 nitrogen and oxygen atoms in total. The highest BCUT2D eigenvalue weighted by atomic mass is 14.9. The zero-order chi connectivity index (χ0) is 25.8. The Morgan fingerprint density at radius 3 is 1.87 bits per heavy atom. The Morgan fingerprint density at radius 2 is 1.34 bits per heavy atom. The second kappa shape index (κ2) is 10.4. The Labute approximate surface area is 224 Å². The number of nitrogens with one attached hydrogen (secondary N) is 1. The summed E-state index contributed by atoms with van der Waals surface area (Å²) < 4.78 is 0. The monoisotopic (exact) mass is 491 g/mol. The summed E-state index contributed by atoms with van der Waals surface area (Å²) >= 11 is 0. The molecule has 4 aromatic carbocycles. The number of hydrogen-bond acceptors (Lipinski definition) is 2. The molecule has 0 aliphatic heterocycles. The van der Waals surface area contributed by atoms with Crippen molar-refractivity contribution in [2.75, 3.05) is 0 Å². The van der Waals surface area contributed by atoms with Gasteiger partial charge >= 0.3 is 0 Å². The molecular weight excluding hydrogens is 462 g/mol. The predicted octanol–water partition coefficient (Wildman–Crippen LogP) is 7.70. The standard InChI is InChI=1S/C35H29N3/c36-23-22-31-30-19-11-10-12-26(30)20-21-32(31)34(33-24-37-25-38-33)35(27-13-4-1-5-14-27,28-15-6-2-7-16-28)29-17-8-3-9-18-29/h1-19,22,24-25,32,34H,20-21H2,(H,37,38). The summed E-state index contributed by atoms with van der Waals surface area (Å²) in [6.07, 6.45) is 7.42. The van der Waals surface area contributed by atoms with E-state index >= 15 is 0 Å². The van der Waals surface area contributed by atoms with Crippen molar-refractivity contribution in [1.29, 1.82) is 5.26 Å². The summed E-state index contributed by atoms with van der Waals surface area (Å²) in [6.45, 7) is 0. The van der Waals surface area contributed by atoms with Crippen molar-refractivity contribution in [3.05, 3.63) is 167 Å². The van der Waals surface area contributed by atoms with Gasteiger partial charge in [-0.3, -0.25) is 0 Å². The quantitative estimate of drug-likeness (QED) is 0.195. The first-order valence-corrected chi connectivity index (χ1v) is 13.2. The van der Waals surface area contributed by atoms with Crippen LogP contribution in [0.15, 0.2) is 134 Å². The second-order valence-corrected chi connectivity index (χ2v) is 9.92. The number of rotatable bonds is 6. The van der Waals surface area contributed by atoms with Crippen molar-refractivity contribution in [1.82, 2.24) is 9.97 Å². The van der Waals surface area contributed by atoms with Crippen LogP contribution in [0, 0.1) is 17.2 Å². The maximum Gasteiger partial charge on any atom is 0.0921 e. The zero-order valence-corrected chi connectivity index (χ0v) is 21.2. The summed E-state index contributed by atoms with van der Waals surface area (Å²) in [6, 6.07) is 43.4. The summed E-state index contributed by atoms with van der Waals surface area (Å²) in [7, 11) is 0. The number of aromatic nitrogens is 2. The van der Waals surface area contributed by atoms with Crippen molar-refractivity contribution in [2.24, 2.45) is 5.92 Å². The molecule has 0 radical (unpaired) electrons. The first kappa shape index (κ1) is 23.7. The van der Waals surface area contributed by atoms with Gasteiger partial charge in [0, 0.05) is 23.9 Å². The van der Waals surface area contributed by atoms with Gasteiger partial charge in [-0.05, 0) is 52.1 Å². The van der Waals surface area contributed by atoms with Crippen LogP contribution >= 0.6 is 0 Å². The largest absolute Gasteiger partial charge is 0.348 e. The summed E-state index contributed by atoms with van der Waals surface area (Å²) in [5.74, 6) is 0.0239. The first-order chi connectivity index (χ1) is 18.8. The number of benzene rings is 4. The smallest absolute Gasteiger partial charge is 0.0921 e. The van der Waals surface area contributed by atoms with E-state index in [1.165, 1.54) is 27.8 Å². The average Bonchev–Trinajstić information content (AvgIpc) is 3.52. The van der Waals surface area contributed by atoms with Gasteiger partial charge in [0.25, 0.3) is 0 Å². The molecule has 38 heavy (non-hydrogen) atoms. The number of nitriles is 1. The molecule has 0 saturated heterocycles. The van der Waals surface area contributed by atoms with Crippen molar-refractivity contribution in [3.8, 4) is 6.07 Å². The van der Waals surface area contributed by atoms with E-state index in [0.29, 0.717) is 0 Å². The van der Waals surface area contributed by atoms with E-state index in [-0.39, 0.29) is 11.8 Å². The third kappa shape index (κ3) is 3.96. The van der Waals surface area contributed by atoms with Gasteiger partial charge in [-0.15, -0.1) is 0 Å². The third-order valence-electron chi connectivity index (χ3n) is 8.08. The van der Waals surface area contributed by atoms with Gasteiger partial charge < -0.3 is 4.98 Å². The van der Waals surface area contributed by atoms with E-state index in [9.17, 15) is 5.26 Å². The highest BCUT2D eigenvalue weighted by molar-refractivity contribution is 5.75. The zero-order valence-electron chi connectivity index (χ0n) is 21.2. The van der Waals surface area contributed by atoms with Crippen molar-refractivity contribution < 1.29 is 0 Å². The summed E-state index contributed by atoms with van der Waals surface area (Å²) in [5, 5.41) is 9.98. The molecule has 0 saturated carbocycles. The minimum Gasteiger partial charge on any atom is -0.348 e. The SMILES string of the molecule is N#CC=C1c2ccccc2CCC1C(c1cnc[nH]1)C(c1ccccc1)(c1ccccc1)c1ccccc1. The van der Waals surface area contributed by atoms with Crippen molar-refractivity contribution in [3.63, 3.8) is 0 Å². The molecular formula is C35H29N3. The Morgan fingerprint density at radius 1 is 0.789 bits per heavy atom.